The minimum Gasteiger partial charge on any atom is -0.483 e. The Labute approximate surface area is 113 Å². The average Bonchev–Trinajstić information content (AvgIpc) is 2.78. The van der Waals surface area contributed by atoms with Gasteiger partial charge in [0.2, 0.25) is 0 Å². The fourth-order valence-corrected chi connectivity index (χ4v) is 1.87. The summed E-state index contributed by atoms with van der Waals surface area (Å²) in [6, 6.07) is 4.58. The molecule has 0 saturated carbocycles. The number of hydrogen-bond acceptors (Lipinski definition) is 3. The average molecular weight is 314 g/mol. The van der Waals surface area contributed by atoms with Gasteiger partial charge in [0.25, 0.3) is 0 Å². The van der Waals surface area contributed by atoms with Crippen molar-refractivity contribution in [1.29, 1.82) is 0 Å². The second kappa shape index (κ2) is 5.95. The van der Waals surface area contributed by atoms with Gasteiger partial charge in [-0.3, -0.25) is 0 Å². The summed E-state index contributed by atoms with van der Waals surface area (Å²) in [5.41, 5.74) is 0. The smallest absolute Gasteiger partial charge is 0.165 e. The van der Waals surface area contributed by atoms with Gasteiger partial charge in [-0.05, 0) is 24.6 Å². The first kappa shape index (κ1) is 13.0. The van der Waals surface area contributed by atoms with Crippen molar-refractivity contribution in [3.8, 4) is 5.75 Å². The van der Waals surface area contributed by atoms with Crippen LogP contribution in [-0.2, 0) is 13.2 Å². The van der Waals surface area contributed by atoms with Gasteiger partial charge in [0.05, 0.1) is 0 Å². The summed E-state index contributed by atoms with van der Waals surface area (Å²) in [4.78, 5) is 4.09. The molecule has 1 heterocycles. The molecule has 6 heteroatoms. The fraction of sp³-hybridized carbons (Fsp3) is 0.333. The number of aromatic nitrogens is 3. The highest BCUT2D eigenvalue weighted by Crippen LogP contribution is 2.22. The molecule has 0 aliphatic carbocycles. The highest BCUT2D eigenvalue weighted by atomic mass is 79.9. The van der Waals surface area contributed by atoms with E-state index in [-0.39, 0.29) is 18.2 Å². The summed E-state index contributed by atoms with van der Waals surface area (Å²) < 4.78 is 21.4. The van der Waals surface area contributed by atoms with Crippen LogP contribution >= 0.6 is 15.9 Å². The Kier molecular flexibility index (Phi) is 4.30. The first-order valence-corrected chi connectivity index (χ1v) is 6.44. The first-order chi connectivity index (χ1) is 8.70. The lowest BCUT2D eigenvalue weighted by Crippen LogP contribution is -2.09. The molecule has 18 heavy (non-hydrogen) atoms. The number of nitrogens with zero attached hydrogens (tertiary/aromatic N) is 3. The van der Waals surface area contributed by atoms with Crippen molar-refractivity contribution in [3.05, 3.63) is 40.6 Å². The molecule has 0 radical (unpaired) electrons. The number of hydrogen-bond donors (Lipinski definition) is 0. The van der Waals surface area contributed by atoms with Crippen LogP contribution < -0.4 is 4.74 Å². The Morgan fingerprint density at radius 2 is 2.28 bits per heavy atom. The molecule has 0 N–H and O–H groups in total. The molecular weight excluding hydrogens is 301 g/mol. The lowest BCUT2D eigenvalue weighted by Gasteiger charge is -2.08. The van der Waals surface area contributed by atoms with Gasteiger partial charge in [-0.2, -0.15) is 5.10 Å². The number of rotatable bonds is 5. The Balaban J connectivity index is 2.06. The molecule has 0 amide bonds. The zero-order valence-corrected chi connectivity index (χ0v) is 11.5. The van der Waals surface area contributed by atoms with E-state index in [1.165, 1.54) is 12.4 Å². The number of ether oxygens (including phenoxy) is 1. The molecule has 0 aliphatic heterocycles. The third kappa shape index (κ3) is 3.07. The van der Waals surface area contributed by atoms with Crippen LogP contribution in [-0.4, -0.2) is 14.8 Å². The van der Waals surface area contributed by atoms with Gasteiger partial charge in [-0.25, -0.2) is 14.1 Å². The van der Waals surface area contributed by atoms with Crippen LogP contribution in [0.15, 0.2) is 29.0 Å². The predicted molar refractivity (Wildman–Crippen MR) is 68.7 cm³/mol. The van der Waals surface area contributed by atoms with Crippen molar-refractivity contribution in [2.24, 2.45) is 0 Å². The summed E-state index contributed by atoms with van der Waals surface area (Å²) >= 11 is 3.27. The quantitative estimate of drug-likeness (QED) is 0.851. The van der Waals surface area contributed by atoms with Gasteiger partial charge in [-0.1, -0.05) is 22.9 Å². The molecule has 0 bridgehead atoms. The summed E-state index contributed by atoms with van der Waals surface area (Å²) in [5, 5.41) is 4.08. The molecule has 0 spiro atoms. The van der Waals surface area contributed by atoms with Crippen molar-refractivity contribution >= 4 is 15.9 Å². The summed E-state index contributed by atoms with van der Waals surface area (Å²) in [5.74, 6) is 0.506. The van der Waals surface area contributed by atoms with Gasteiger partial charge in [0, 0.05) is 11.0 Å². The highest BCUT2D eigenvalue weighted by molar-refractivity contribution is 9.10. The van der Waals surface area contributed by atoms with Crippen molar-refractivity contribution in [1.82, 2.24) is 14.8 Å². The lowest BCUT2D eigenvalue weighted by atomic mass is 10.3. The second-order valence-electron chi connectivity index (χ2n) is 3.76. The molecule has 0 unspecified atom stereocenters. The second-order valence-corrected chi connectivity index (χ2v) is 4.68. The number of halogens is 2. The molecule has 4 nitrogen and oxygen atoms in total. The van der Waals surface area contributed by atoms with Crippen LogP contribution in [0.5, 0.6) is 5.75 Å². The van der Waals surface area contributed by atoms with Gasteiger partial charge in [0.1, 0.15) is 12.9 Å². The van der Waals surface area contributed by atoms with E-state index in [2.05, 4.69) is 32.9 Å². The van der Waals surface area contributed by atoms with Crippen LogP contribution in [0.25, 0.3) is 0 Å². The molecular formula is C12H13BrFN3O. The van der Waals surface area contributed by atoms with Crippen LogP contribution in [0.3, 0.4) is 0 Å². The Hall–Kier alpha value is -1.43. The van der Waals surface area contributed by atoms with Crippen molar-refractivity contribution in [2.75, 3.05) is 0 Å². The maximum absolute atomic E-state index is 13.5. The van der Waals surface area contributed by atoms with E-state index in [1.807, 2.05) is 0 Å². The van der Waals surface area contributed by atoms with Crippen molar-refractivity contribution in [2.45, 2.75) is 26.5 Å². The van der Waals surface area contributed by atoms with Crippen molar-refractivity contribution in [3.63, 3.8) is 0 Å². The Morgan fingerprint density at radius 1 is 1.44 bits per heavy atom. The zero-order chi connectivity index (χ0) is 13.0. The first-order valence-electron chi connectivity index (χ1n) is 5.65. The fourth-order valence-electron chi connectivity index (χ4n) is 1.53. The van der Waals surface area contributed by atoms with Gasteiger partial charge in [0.15, 0.2) is 17.4 Å². The minimum absolute atomic E-state index is 0.202. The molecule has 0 saturated heterocycles. The van der Waals surface area contributed by atoms with E-state index >= 15 is 0 Å². The molecule has 1 aromatic heterocycles. The predicted octanol–water partition coefficient (Wildman–Crippen LogP) is 3.17. The SMILES string of the molecule is CCCn1ncnc1COc1cc(Br)ccc1F. The molecule has 0 aliphatic rings. The summed E-state index contributed by atoms with van der Waals surface area (Å²) in [6.45, 7) is 3.04. The van der Waals surface area contributed by atoms with Crippen LogP contribution in [0.1, 0.15) is 19.2 Å². The van der Waals surface area contributed by atoms with Crippen LogP contribution in [0.4, 0.5) is 4.39 Å². The van der Waals surface area contributed by atoms with Gasteiger partial charge >= 0.3 is 0 Å². The molecule has 2 aromatic rings. The van der Waals surface area contributed by atoms with E-state index in [9.17, 15) is 4.39 Å². The summed E-state index contributed by atoms with van der Waals surface area (Å²) in [6.07, 6.45) is 2.44. The van der Waals surface area contributed by atoms with Gasteiger partial charge < -0.3 is 4.74 Å². The minimum atomic E-state index is -0.389. The van der Waals surface area contributed by atoms with Crippen LogP contribution in [0.2, 0.25) is 0 Å². The van der Waals surface area contributed by atoms with E-state index in [4.69, 9.17) is 4.74 Å². The van der Waals surface area contributed by atoms with E-state index in [0.29, 0.717) is 5.82 Å². The maximum Gasteiger partial charge on any atom is 0.165 e. The standard InChI is InChI=1S/C12H13BrFN3O/c1-2-5-17-12(15-8-16-17)7-18-11-6-9(13)3-4-10(11)14/h3-4,6,8H,2,5,7H2,1H3. The third-order valence-corrected chi connectivity index (χ3v) is 2.87. The number of aryl methyl sites for hydroxylation is 1. The number of benzene rings is 1. The molecule has 1 aromatic carbocycles. The van der Waals surface area contributed by atoms with E-state index < -0.39 is 0 Å². The maximum atomic E-state index is 13.5. The summed E-state index contributed by atoms with van der Waals surface area (Å²) in [7, 11) is 0. The Morgan fingerprint density at radius 3 is 3.06 bits per heavy atom. The normalized spacial score (nSPS) is 10.6. The Bertz CT molecular complexity index is 530. The lowest BCUT2D eigenvalue weighted by molar-refractivity contribution is 0.272. The highest BCUT2D eigenvalue weighted by Gasteiger charge is 2.08. The molecule has 96 valence electrons. The van der Waals surface area contributed by atoms with Gasteiger partial charge in [-0.15, -0.1) is 0 Å². The van der Waals surface area contributed by atoms with E-state index in [0.717, 1.165) is 17.4 Å². The zero-order valence-electron chi connectivity index (χ0n) is 9.94. The van der Waals surface area contributed by atoms with E-state index in [1.54, 1.807) is 16.8 Å². The third-order valence-electron chi connectivity index (χ3n) is 2.38. The largest absolute Gasteiger partial charge is 0.483 e. The van der Waals surface area contributed by atoms with Crippen LogP contribution in [0, 0.1) is 5.82 Å². The van der Waals surface area contributed by atoms with Crippen molar-refractivity contribution < 1.29 is 9.13 Å². The molecule has 0 fully saturated rings. The monoisotopic (exact) mass is 313 g/mol. The molecule has 2 rings (SSSR count). The molecule has 0 atom stereocenters. The topological polar surface area (TPSA) is 39.9 Å².